The molecule has 1 aromatic carbocycles. The highest BCUT2D eigenvalue weighted by atomic mass is 19.1. The quantitative estimate of drug-likeness (QED) is 0.621. The molecule has 0 nitrogen and oxygen atoms in total. The van der Waals surface area contributed by atoms with Crippen molar-refractivity contribution in [2.75, 3.05) is 0 Å². The highest BCUT2D eigenvalue weighted by molar-refractivity contribution is 5.63. The van der Waals surface area contributed by atoms with Crippen molar-refractivity contribution >= 4 is 5.57 Å². The second kappa shape index (κ2) is 3.69. The Morgan fingerprint density at radius 1 is 1.23 bits per heavy atom. The maximum atomic E-state index is 13.1. The van der Waals surface area contributed by atoms with E-state index in [0.717, 1.165) is 5.57 Å². The molecule has 2 heteroatoms. The van der Waals surface area contributed by atoms with Crippen molar-refractivity contribution in [2.24, 2.45) is 0 Å². The summed E-state index contributed by atoms with van der Waals surface area (Å²) in [5.41, 5.74) is 1.55. The first kappa shape index (κ1) is 9.90. The lowest BCUT2D eigenvalue weighted by atomic mass is 10.0. The van der Waals surface area contributed by atoms with Gasteiger partial charge in [0.2, 0.25) is 0 Å². The van der Waals surface area contributed by atoms with Gasteiger partial charge in [-0.25, -0.2) is 8.78 Å². The molecule has 13 heavy (non-hydrogen) atoms. The predicted octanol–water partition coefficient (Wildman–Crippen LogP) is 3.70. The standard InChI is InChI=1S/C11H12F2/c1-4-7(2)9-5-10(12)8(3)11(13)6-9/h4-6H,1-3H3/b7-4-. The fraction of sp³-hybridized carbons (Fsp3) is 0.273. The van der Waals surface area contributed by atoms with E-state index in [2.05, 4.69) is 0 Å². The topological polar surface area (TPSA) is 0 Å². The summed E-state index contributed by atoms with van der Waals surface area (Å²) >= 11 is 0. The van der Waals surface area contributed by atoms with Gasteiger partial charge in [-0.3, -0.25) is 0 Å². The Balaban J connectivity index is 3.29. The minimum absolute atomic E-state index is 0.0765. The fourth-order valence-corrected chi connectivity index (χ4v) is 1.04. The minimum atomic E-state index is -0.490. The first-order valence-corrected chi connectivity index (χ1v) is 4.15. The molecule has 0 saturated carbocycles. The summed E-state index contributed by atoms with van der Waals surface area (Å²) in [4.78, 5) is 0. The molecule has 1 rings (SSSR count). The van der Waals surface area contributed by atoms with E-state index >= 15 is 0 Å². The van der Waals surface area contributed by atoms with Gasteiger partial charge < -0.3 is 0 Å². The molecule has 0 spiro atoms. The molecule has 1 aromatic rings. The van der Waals surface area contributed by atoms with Crippen molar-refractivity contribution in [3.05, 3.63) is 41.0 Å². The average Bonchev–Trinajstić information content (AvgIpc) is 2.12. The van der Waals surface area contributed by atoms with Gasteiger partial charge in [0.15, 0.2) is 0 Å². The maximum Gasteiger partial charge on any atom is 0.129 e. The predicted molar refractivity (Wildman–Crippen MR) is 50.4 cm³/mol. The number of allylic oxidation sites excluding steroid dienone is 2. The van der Waals surface area contributed by atoms with Crippen LogP contribution < -0.4 is 0 Å². The number of benzene rings is 1. The van der Waals surface area contributed by atoms with Crippen molar-refractivity contribution < 1.29 is 8.78 Å². The van der Waals surface area contributed by atoms with Crippen molar-refractivity contribution in [2.45, 2.75) is 20.8 Å². The van der Waals surface area contributed by atoms with E-state index < -0.39 is 11.6 Å². The van der Waals surface area contributed by atoms with E-state index in [1.54, 1.807) is 0 Å². The van der Waals surface area contributed by atoms with Crippen LogP contribution in [0.3, 0.4) is 0 Å². The highest BCUT2D eigenvalue weighted by Crippen LogP contribution is 2.19. The van der Waals surface area contributed by atoms with Gasteiger partial charge in [-0.05, 0) is 44.0 Å². The van der Waals surface area contributed by atoms with Crippen LogP contribution >= 0.6 is 0 Å². The second-order valence-electron chi connectivity index (χ2n) is 3.04. The molecule has 0 aliphatic rings. The zero-order valence-electron chi connectivity index (χ0n) is 7.99. The number of halogens is 2. The molecular formula is C11H12F2. The number of hydrogen-bond acceptors (Lipinski definition) is 0. The summed E-state index contributed by atoms with van der Waals surface area (Å²) in [6.45, 7) is 5.09. The third-order valence-electron chi connectivity index (χ3n) is 2.17. The summed E-state index contributed by atoms with van der Waals surface area (Å²) in [6.07, 6.45) is 1.82. The molecule has 0 N–H and O–H groups in total. The van der Waals surface area contributed by atoms with E-state index in [1.165, 1.54) is 19.1 Å². The van der Waals surface area contributed by atoms with E-state index in [9.17, 15) is 8.78 Å². The minimum Gasteiger partial charge on any atom is -0.207 e. The number of hydrogen-bond donors (Lipinski definition) is 0. The Labute approximate surface area is 76.9 Å². The Morgan fingerprint density at radius 2 is 1.69 bits per heavy atom. The van der Waals surface area contributed by atoms with Gasteiger partial charge in [0, 0.05) is 5.56 Å². The molecule has 70 valence electrons. The lowest BCUT2D eigenvalue weighted by Crippen LogP contribution is -1.91. The summed E-state index contributed by atoms with van der Waals surface area (Å²) in [7, 11) is 0. The van der Waals surface area contributed by atoms with Gasteiger partial charge in [-0.2, -0.15) is 0 Å². The molecular weight excluding hydrogens is 170 g/mol. The molecule has 0 amide bonds. The first-order chi connectivity index (χ1) is 6.06. The van der Waals surface area contributed by atoms with Crippen molar-refractivity contribution in [3.63, 3.8) is 0 Å². The Hall–Kier alpha value is -1.18. The highest BCUT2D eigenvalue weighted by Gasteiger charge is 2.06. The lowest BCUT2D eigenvalue weighted by molar-refractivity contribution is 0.567. The fourth-order valence-electron chi connectivity index (χ4n) is 1.04. The Bertz CT molecular complexity index is 328. The van der Waals surface area contributed by atoms with E-state index in [1.807, 2.05) is 19.9 Å². The SMILES string of the molecule is C/C=C(/C)c1cc(F)c(C)c(F)c1. The van der Waals surface area contributed by atoms with Gasteiger partial charge >= 0.3 is 0 Å². The van der Waals surface area contributed by atoms with Crippen molar-refractivity contribution in [3.8, 4) is 0 Å². The molecule has 0 atom stereocenters. The molecule has 0 aliphatic carbocycles. The third-order valence-corrected chi connectivity index (χ3v) is 2.17. The molecule has 0 saturated heterocycles. The van der Waals surface area contributed by atoms with Crippen LogP contribution in [0.1, 0.15) is 25.0 Å². The van der Waals surface area contributed by atoms with Gasteiger partial charge in [0.05, 0.1) is 0 Å². The summed E-state index contributed by atoms with van der Waals surface area (Å²) in [5.74, 6) is -0.979. The van der Waals surface area contributed by atoms with E-state index in [-0.39, 0.29) is 5.56 Å². The van der Waals surface area contributed by atoms with Crippen LogP contribution in [0.25, 0.3) is 5.57 Å². The van der Waals surface area contributed by atoms with Gasteiger partial charge in [-0.15, -0.1) is 0 Å². The zero-order chi connectivity index (χ0) is 10.0. The van der Waals surface area contributed by atoms with Crippen LogP contribution in [0, 0.1) is 18.6 Å². The molecule has 0 fully saturated rings. The zero-order valence-corrected chi connectivity index (χ0v) is 7.99. The molecule has 0 heterocycles. The Kier molecular flexibility index (Phi) is 2.81. The van der Waals surface area contributed by atoms with Crippen LogP contribution in [-0.2, 0) is 0 Å². The van der Waals surface area contributed by atoms with Gasteiger partial charge in [0.25, 0.3) is 0 Å². The molecule has 0 radical (unpaired) electrons. The van der Waals surface area contributed by atoms with Crippen LogP contribution in [0.5, 0.6) is 0 Å². The Morgan fingerprint density at radius 3 is 2.08 bits per heavy atom. The number of rotatable bonds is 1. The van der Waals surface area contributed by atoms with Crippen molar-refractivity contribution in [1.29, 1.82) is 0 Å². The van der Waals surface area contributed by atoms with Gasteiger partial charge in [0.1, 0.15) is 11.6 Å². The maximum absolute atomic E-state index is 13.1. The lowest BCUT2D eigenvalue weighted by Gasteiger charge is -2.04. The molecule has 0 aromatic heterocycles. The largest absolute Gasteiger partial charge is 0.207 e. The van der Waals surface area contributed by atoms with E-state index in [0.29, 0.717) is 5.56 Å². The molecule has 0 unspecified atom stereocenters. The third kappa shape index (κ3) is 1.94. The van der Waals surface area contributed by atoms with Crippen LogP contribution in [0.4, 0.5) is 8.78 Å². The second-order valence-corrected chi connectivity index (χ2v) is 3.04. The van der Waals surface area contributed by atoms with Gasteiger partial charge in [-0.1, -0.05) is 6.08 Å². The van der Waals surface area contributed by atoms with Crippen LogP contribution in [-0.4, -0.2) is 0 Å². The van der Waals surface area contributed by atoms with Crippen LogP contribution in [0.15, 0.2) is 18.2 Å². The first-order valence-electron chi connectivity index (χ1n) is 4.15. The normalized spacial score (nSPS) is 11.9. The van der Waals surface area contributed by atoms with Crippen LogP contribution in [0.2, 0.25) is 0 Å². The van der Waals surface area contributed by atoms with Crippen molar-refractivity contribution in [1.82, 2.24) is 0 Å². The average molecular weight is 182 g/mol. The molecule has 0 bridgehead atoms. The summed E-state index contributed by atoms with van der Waals surface area (Å²) < 4.78 is 26.1. The monoisotopic (exact) mass is 182 g/mol. The smallest absolute Gasteiger partial charge is 0.129 e. The molecule has 0 aliphatic heterocycles. The summed E-state index contributed by atoms with van der Waals surface area (Å²) in [5, 5.41) is 0. The van der Waals surface area contributed by atoms with E-state index in [4.69, 9.17) is 0 Å². The summed E-state index contributed by atoms with van der Waals surface area (Å²) in [6, 6.07) is 2.71.